The van der Waals surface area contributed by atoms with E-state index in [2.05, 4.69) is 4.99 Å². The van der Waals surface area contributed by atoms with E-state index in [0.717, 1.165) is 30.4 Å². The lowest BCUT2D eigenvalue weighted by Crippen LogP contribution is -1.87. The zero-order chi connectivity index (χ0) is 16.1. The minimum atomic E-state index is 0.391. The normalized spacial score (nSPS) is 9.57. The molecular formula is C16H24N2O3. The SMILES string of the molecule is CCN.CCN=Cc1ccc(C)o1.Cc1ccc(C=O)o1. The predicted molar refractivity (Wildman–Crippen MR) is 85.1 cm³/mol. The second kappa shape index (κ2) is 11.7. The Morgan fingerprint density at radius 3 is 1.81 bits per heavy atom. The van der Waals surface area contributed by atoms with Crippen LogP contribution in [0.1, 0.15) is 41.7 Å². The van der Waals surface area contributed by atoms with Crippen molar-refractivity contribution in [1.82, 2.24) is 0 Å². The van der Waals surface area contributed by atoms with Crippen LogP contribution < -0.4 is 5.73 Å². The van der Waals surface area contributed by atoms with Crippen LogP contribution in [0.4, 0.5) is 0 Å². The molecule has 2 heterocycles. The van der Waals surface area contributed by atoms with Crippen molar-refractivity contribution in [1.29, 1.82) is 0 Å². The Bertz CT molecular complexity index is 527. The number of aldehydes is 1. The van der Waals surface area contributed by atoms with Crippen LogP contribution in [-0.4, -0.2) is 25.6 Å². The van der Waals surface area contributed by atoms with Crippen LogP contribution >= 0.6 is 0 Å². The molecule has 0 aromatic carbocycles. The smallest absolute Gasteiger partial charge is 0.185 e. The zero-order valence-electron chi connectivity index (χ0n) is 13.1. The van der Waals surface area contributed by atoms with E-state index >= 15 is 0 Å². The molecule has 0 saturated carbocycles. The van der Waals surface area contributed by atoms with E-state index in [4.69, 9.17) is 14.6 Å². The predicted octanol–water partition coefficient (Wildman–Crippen LogP) is 3.39. The molecule has 0 atom stereocenters. The van der Waals surface area contributed by atoms with Crippen LogP contribution in [0.25, 0.3) is 0 Å². The molecular weight excluding hydrogens is 268 g/mol. The summed E-state index contributed by atoms with van der Waals surface area (Å²) in [6, 6.07) is 7.23. The standard InChI is InChI=1S/C8H11NO.C6H6O2.C2H7N/c1-3-9-6-8-5-4-7(2)10-8;1-5-2-3-6(4-7)8-5;1-2-3/h4-6H,3H2,1-2H3;2-4H,1H3;2-3H2,1H3. The van der Waals surface area contributed by atoms with Gasteiger partial charge in [0, 0.05) is 6.54 Å². The van der Waals surface area contributed by atoms with Gasteiger partial charge >= 0.3 is 0 Å². The summed E-state index contributed by atoms with van der Waals surface area (Å²) in [6.07, 6.45) is 2.43. The molecule has 0 radical (unpaired) electrons. The molecule has 2 rings (SSSR count). The molecule has 0 aliphatic heterocycles. The Hall–Kier alpha value is -2.14. The van der Waals surface area contributed by atoms with Crippen LogP contribution in [0.15, 0.2) is 38.1 Å². The second-order valence-electron chi connectivity index (χ2n) is 4.05. The zero-order valence-corrected chi connectivity index (χ0v) is 13.1. The van der Waals surface area contributed by atoms with Crippen molar-refractivity contribution < 1.29 is 13.6 Å². The van der Waals surface area contributed by atoms with Gasteiger partial charge in [-0.05, 0) is 51.6 Å². The van der Waals surface area contributed by atoms with Gasteiger partial charge in [0.15, 0.2) is 12.0 Å². The number of carbonyl (C=O) groups excluding carboxylic acids is 1. The Balaban J connectivity index is 0.000000327. The van der Waals surface area contributed by atoms with Crippen LogP contribution in [0.5, 0.6) is 0 Å². The third-order valence-electron chi connectivity index (χ3n) is 2.04. The summed E-state index contributed by atoms with van der Waals surface area (Å²) in [4.78, 5) is 14.0. The van der Waals surface area contributed by atoms with Crippen molar-refractivity contribution in [2.24, 2.45) is 10.7 Å². The van der Waals surface area contributed by atoms with E-state index in [0.29, 0.717) is 12.0 Å². The van der Waals surface area contributed by atoms with E-state index < -0.39 is 0 Å². The van der Waals surface area contributed by atoms with Gasteiger partial charge in [0.25, 0.3) is 0 Å². The topological polar surface area (TPSA) is 81.7 Å². The van der Waals surface area contributed by atoms with E-state index in [1.54, 1.807) is 25.3 Å². The number of carbonyl (C=O) groups is 1. The van der Waals surface area contributed by atoms with E-state index in [1.807, 2.05) is 32.9 Å². The summed E-state index contributed by atoms with van der Waals surface area (Å²) in [5.74, 6) is 2.92. The third-order valence-corrected chi connectivity index (χ3v) is 2.04. The molecule has 2 aromatic heterocycles. The molecule has 2 aromatic rings. The molecule has 0 saturated heterocycles. The number of aryl methyl sites for hydroxylation is 2. The molecule has 0 amide bonds. The van der Waals surface area contributed by atoms with Gasteiger partial charge in [-0.3, -0.25) is 9.79 Å². The molecule has 21 heavy (non-hydrogen) atoms. The van der Waals surface area contributed by atoms with Gasteiger partial charge in [-0.15, -0.1) is 0 Å². The lowest BCUT2D eigenvalue weighted by Gasteiger charge is -1.82. The molecule has 5 nitrogen and oxygen atoms in total. The number of nitrogens with two attached hydrogens (primary N) is 1. The summed E-state index contributed by atoms with van der Waals surface area (Å²) >= 11 is 0. The van der Waals surface area contributed by atoms with E-state index in [1.165, 1.54) is 0 Å². The van der Waals surface area contributed by atoms with Gasteiger partial charge in [0.1, 0.15) is 17.3 Å². The summed E-state index contributed by atoms with van der Waals surface area (Å²) < 4.78 is 10.1. The van der Waals surface area contributed by atoms with Crippen LogP contribution in [0.3, 0.4) is 0 Å². The highest BCUT2D eigenvalue weighted by Gasteiger charge is 1.92. The Kier molecular flexibility index (Phi) is 10.5. The number of aliphatic imine (C=N–C) groups is 1. The Morgan fingerprint density at radius 1 is 1.05 bits per heavy atom. The van der Waals surface area contributed by atoms with Crippen molar-refractivity contribution in [3.05, 3.63) is 47.3 Å². The largest absolute Gasteiger partial charge is 0.460 e. The maximum absolute atomic E-state index is 9.93. The first-order chi connectivity index (χ1) is 10.1. The maximum Gasteiger partial charge on any atom is 0.185 e. The van der Waals surface area contributed by atoms with Gasteiger partial charge in [0.05, 0.1) is 6.21 Å². The number of nitrogens with zero attached hydrogens (tertiary/aromatic N) is 1. The second-order valence-corrected chi connectivity index (χ2v) is 4.05. The van der Waals surface area contributed by atoms with Crippen molar-refractivity contribution in [3.63, 3.8) is 0 Å². The fourth-order valence-electron chi connectivity index (χ4n) is 1.22. The molecule has 0 unspecified atom stereocenters. The lowest BCUT2D eigenvalue weighted by molar-refractivity contribution is 0.109. The van der Waals surface area contributed by atoms with Gasteiger partial charge in [-0.25, -0.2) is 0 Å². The fourth-order valence-corrected chi connectivity index (χ4v) is 1.22. The quantitative estimate of drug-likeness (QED) is 0.694. The minimum absolute atomic E-state index is 0.391. The van der Waals surface area contributed by atoms with Crippen LogP contribution in [0.2, 0.25) is 0 Å². The van der Waals surface area contributed by atoms with Crippen LogP contribution in [-0.2, 0) is 0 Å². The molecule has 116 valence electrons. The van der Waals surface area contributed by atoms with Gasteiger partial charge in [-0.2, -0.15) is 0 Å². The van der Waals surface area contributed by atoms with E-state index in [-0.39, 0.29) is 0 Å². The summed E-state index contributed by atoms with van der Waals surface area (Å²) in [5, 5.41) is 0. The molecule has 0 spiro atoms. The molecule has 2 N–H and O–H groups in total. The van der Waals surface area contributed by atoms with Gasteiger partial charge in [-0.1, -0.05) is 6.92 Å². The number of hydrogen-bond donors (Lipinski definition) is 1. The highest BCUT2D eigenvalue weighted by Crippen LogP contribution is 2.02. The Labute approximate surface area is 125 Å². The minimum Gasteiger partial charge on any atom is -0.460 e. The summed E-state index contributed by atoms with van der Waals surface area (Å²) in [5.41, 5.74) is 4.85. The first kappa shape index (κ1) is 18.9. The number of furan rings is 2. The van der Waals surface area contributed by atoms with Crippen LogP contribution in [0, 0.1) is 13.8 Å². The highest BCUT2D eigenvalue weighted by molar-refractivity contribution is 5.75. The molecule has 0 fully saturated rings. The highest BCUT2D eigenvalue weighted by atomic mass is 16.3. The molecule has 0 bridgehead atoms. The lowest BCUT2D eigenvalue weighted by atomic mass is 10.4. The first-order valence-corrected chi connectivity index (χ1v) is 6.85. The Morgan fingerprint density at radius 2 is 1.52 bits per heavy atom. The molecule has 0 aliphatic rings. The average Bonchev–Trinajstić information content (AvgIpc) is 3.06. The average molecular weight is 292 g/mol. The van der Waals surface area contributed by atoms with Gasteiger partial charge < -0.3 is 14.6 Å². The summed E-state index contributed by atoms with van der Waals surface area (Å²) in [6.45, 7) is 9.17. The third kappa shape index (κ3) is 9.40. The molecule has 5 heteroatoms. The van der Waals surface area contributed by atoms with Crippen molar-refractivity contribution in [2.45, 2.75) is 27.7 Å². The van der Waals surface area contributed by atoms with Crippen molar-refractivity contribution in [3.8, 4) is 0 Å². The van der Waals surface area contributed by atoms with Gasteiger partial charge in [0.2, 0.25) is 0 Å². The van der Waals surface area contributed by atoms with E-state index in [9.17, 15) is 4.79 Å². The first-order valence-electron chi connectivity index (χ1n) is 6.85. The number of hydrogen-bond acceptors (Lipinski definition) is 5. The maximum atomic E-state index is 9.93. The molecule has 0 aliphatic carbocycles. The summed E-state index contributed by atoms with van der Waals surface area (Å²) in [7, 11) is 0. The van der Waals surface area contributed by atoms with Crippen molar-refractivity contribution in [2.75, 3.05) is 13.1 Å². The monoisotopic (exact) mass is 292 g/mol. The van der Waals surface area contributed by atoms with Crippen molar-refractivity contribution >= 4 is 12.5 Å². The number of rotatable bonds is 3. The fraction of sp³-hybridized carbons (Fsp3) is 0.375.